The van der Waals surface area contributed by atoms with Crippen molar-refractivity contribution in [2.75, 3.05) is 6.54 Å². The third kappa shape index (κ3) is 4.55. The van der Waals surface area contributed by atoms with Crippen LogP contribution in [0.25, 0.3) is 0 Å². The maximum atomic E-state index is 12.5. The van der Waals surface area contributed by atoms with Crippen molar-refractivity contribution in [2.45, 2.75) is 62.9 Å². The molecular weight excluding hydrogens is 326 g/mol. The van der Waals surface area contributed by atoms with E-state index < -0.39 is 15.6 Å². The average molecular weight is 353 g/mol. The van der Waals surface area contributed by atoms with Crippen molar-refractivity contribution in [1.82, 2.24) is 10.0 Å². The van der Waals surface area contributed by atoms with Gasteiger partial charge in [-0.25, -0.2) is 13.1 Å². The number of nitrogens with one attached hydrogen (secondary N) is 2. The molecule has 6 nitrogen and oxygen atoms in total. The third-order valence-corrected chi connectivity index (χ3v) is 6.19. The molecule has 0 unspecified atom stereocenters. The van der Waals surface area contributed by atoms with Crippen LogP contribution in [0, 0.1) is 6.92 Å². The number of benzene rings is 1. The lowest BCUT2D eigenvalue weighted by molar-refractivity contribution is 0.0941. The highest BCUT2D eigenvalue weighted by Crippen LogP contribution is 2.23. The predicted molar refractivity (Wildman–Crippen MR) is 94.4 cm³/mol. The summed E-state index contributed by atoms with van der Waals surface area (Å²) in [6.45, 7) is 6.11. The van der Waals surface area contributed by atoms with Gasteiger partial charge in [0.15, 0.2) is 0 Å². The monoisotopic (exact) mass is 353 g/mol. The number of carbonyl (C=O) groups excluding carboxylic acids is 1. The van der Waals surface area contributed by atoms with Crippen LogP contribution in [0.4, 0.5) is 0 Å². The molecule has 0 aliphatic heterocycles. The minimum absolute atomic E-state index is 0.0283. The number of aryl methyl sites for hydroxylation is 1. The Kier molecular flexibility index (Phi) is 5.67. The van der Waals surface area contributed by atoms with Gasteiger partial charge in [-0.15, -0.1) is 0 Å². The van der Waals surface area contributed by atoms with Crippen molar-refractivity contribution in [2.24, 2.45) is 5.73 Å². The number of sulfonamides is 1. The number of amides is 1. The molecule has 4 N–H and O–H groups in total. The Hall–Kier alpha value is -1.44. The summed E-state index contributed by atoms with van der Waals surface area (Å²) in [5.41, 5.74) is 6.85. The molecule has 0 saturated heterocycles. The van der Waals surface area contributed by atoms with Crippen molar-refractivity contribution in [3.63, 3.8) is 0 Å². The first kappa shape index (κ1) is 18.9. The van der Waals surface area contributed by atoms with E-state index in [0.717, 1.165) is 31.2 Å². The van der Waals surface area contributed by atoms with Crippen LogP contribution >= 0.6 is 0 Å². The molecule has 1 aromatic rings. The molecule has 1 aliphatic carbocycles. The van der Waals surface area contributed by atoms with Crippen molar-refractivity contribution in [3.8, 4) is 0 Å². The topological polar surface area (TPSA) is 101 Å². The smallest absolute Gasteiger partial charge is 0.251 e. The minimum Gasteiger partial charge on any atom is -0.350 e. The molecule has 0 bridgehead atoms. The second kappa shape index (κ2) is 7.21. The Balaban J connectivity index is 2.17. The first-order valence-corrected chi connectivity index (χ1v) is 9.89. The van der Waals surface area contributed by atoms with Crippen molar-refractivity contribution < 1.29 is 13.2 Å². The molecule has 0 atom stereocenters. The summed E-state index contributed by atoms with van der Waals surface area (Å²) in [5.74, 6) is -0.298. The van der Waals surface area contributed by atoms with E-state index in [-0.39, 0.29) is 16.8 Å². The van der Waals surface area contributed by atoms with Gasteiger partial charge in [0.25, 0.3) is 5.91 Å². The number of hydrogen-bond donors (Lipinski definition) is 3. The summed E-state index contributed by atoms with van der Waals surface area (Å²) >= 11 is 0. The van der Waals surface area contributed by atoms with E-state index in [2.05, 4.69) is 10.0 Å². The lowest BCUT2D eigenvalue weighted by Gasteiger charge is -2.27. The van der Waals surface area contributed by atoms with Gasteiger partial charge >= 0.3 is 0 Å². The molecule has 2 rings (SSSR count). The molecule has 1 fully saturated rings. The third-order valence-electron chi connectivity index (χ3n) is 4.67. The van der Waals surface area contributed by atoms with Crippen LogP contribution in [0.15, 0.2) is 23.1 Å². The fourth-order valence-corrected chi connectivity index (χ4v) is 3.68. The summed E-state index contributed by atoms with van der Waals surface area (Å²) in [6.07, 6.45) is 3.24. The molecule has 1 aliphatic rings. The molecule has 0 radical (unpaired) electrons. The van der Waals surface area contributed by atoms with Gasteiger partial charge in [-0.2, -0.15) is 0 Å². The first-order chi connectivity index (χ1) is 11.2. The van der Waals surface area contributed by atoms with E-state index in [1.165, 1.54) is 12.1 Å². The van der Waals surface area contributed by atoms with Crippen molar-refractivity contribution >= 4 is 15.9 Å². The molecule has 24 heavy (non-hydrogen) atoms. The number of hydrogen-bond acceptors (Lipinski definition) is 4. The molecule has 1 saturated carbocycles. The van der Waals surface area contributed by atoms with Gasteiger partial charge in [0.1, 0.15) is 0 Å². The van der Waals surface area contributed by atoms with Gasteiger partial charge in [0.05, 0.1) is 4.90 Å². The summed E-state index contributed by atoms with van der Waals surface area (Å²) in [7, 11) is -3.58. The standard InChI is InChI=1S/C17H27N3O3S/c1-4-17(18,5-2)11-19-16(21)15-10-14(9-6-12(15)3)24(22,23)20-13-7-8-13/h6,9-10,13,20H,4-5,7-8,11,18H2,1-3H3,(H,19,21). The molecule has 1 amide bonds. The van der Waals surface area contributed by atoms with E-state index in [0.29, 0.717) is 12.1 Å². The Morgan fingerprint density at radius 1 is 1.29 bits per heavy atom. The zero-order valence-corrected chi connectivity index (χ0v) is 15.4. The quantitative estimate of drug-likeness (QED) is 0.662. The van der Waals surface area contributed by atoms with Gasteiger partial charge in [0.2, 0.25) is 10.0 Å². The van der Waals surface area contributed by atoms with Gasteiger partial charge in [-0.05, 0) is 50.3 Å². The maximum Gasteiger partial charge on any atom is 0.251 e. The average Bonchev–Trinajstić information content (AvgIpc) is 3.35. The molecule has 0 aromatic heterocycles. The fourth-order valence-electron chi connectivity index (χ4n) is 2.35. The lowest BCUT2D eigenvalue weighted by atomic mass is 9.94. The van der Waals surface area contributed by atoms with Crippen molar-refractivity contribution in [3.05, 3.63) is 29.3 Å². The van der Waals surface area contributed by atoms with Crippen LogP contribution < -0.4 is 15.8 Å². The second-order valence-corrected chi connectivity index (χ2v) is 8.34. The van der Waals surface area contributed by atoms with Crippen LogP contribution in [0.3, 0.4) is 0 Å². The van der Waals surface area contributed by atoms with Gasteiger partial charge in [-0.3, -0.25) is 4.79 Å². The number of carbonyl (C=O) groups is 1. The first-order valence-electron chi connectivity index (χ1n) is 8.41. The maximum absolute atomic E-state index is 12.5. The molecule has 134 valence electrons. The highest BCUT2D eigenvalue weighted by Gasteiger charge is 2.29. The Bertz CT molecular complexity index is 708. The minimum atomic E-state index is -3.58. The zero-order valence-electron chi connectivity index (χ0n) is 14.6. The van der Waals surface area contributed by atoms with E-state index in [1.54, 1.807) is 13.0 Å². The van der Waals surface area contributed by atoms with Crippen LogP contribution in [0.2, 0.25) is 0 Å². The fraction of sp³-hybridized carbons (Fsp3) is 0.588. The predicted octanol–water partition coefficient (Wildman–Crippen LogP) is 1.68. The van der Waals surface area contributed by atoms with E-state index in [4.69, 9.17) is 5.73 Å². The highest BCUT2D eigenvalue weighted by molar-refractivity contribution is 7.89. The normalized spacial score (nSPS) is 15.3. The summed E-state index contributed by atoms with van der Waals surface area (Å²) in [6, 6.07) is 4.65. The molecule has 1 aromatic carbocycles. The molecule has 0 spiro atoms. The van der Waals surface area contributed by atoms with E-state index in [1.807, 2.05) is 13.8 Å². The molecule has 0 heterocycles. The van der Waals surface area contributed by atoms with E-state index in [9.17, 15) is 13.2 Å². The second-order valence-electron chi connectivity index (χ2n) is 6.62. The zero-order chi connectivity index (χ0) is 18.0. The van der Waals surface area contributed by atoms with Crippen LogP contribution in [0.5, 0.6) is 0 Å². The van der Waals surface area contributed by atoms with Gasteiger partial charge in [0, 0.05) is 23.7 Å². The van der Waals surface area contributed by atoms with E-state index >= 15 is 0 Å². The number of nitrogens with two attached hydrogens (primary N) is 1. The van der Waals surface area contributed by atoms with Gasteiger partial charge < -0.3 is 11.1 Å². The Morgan fingerprint density at radius 3 is 2.46 bits per heavy atom. The van der Waals surface area contributed by atoms with Crippen LogP contribution in [-0.4, -0.2) is 32.5 Å². The summed E-state index contributed by atoms with van der Waals surface area (Å²) < 4.78 is 27.3. The highest BCUT2D eigenvalue weighted by atomic mass is 32.2. The molecule has 7 heteroatoms. The van der Waals surface area contributed by atoms with Crippen molar-refractivity contribution in [1.29, 1.82) is 0 Å². The van der Waals surface area contributed by atoms with Crippen LogP contribution in [0.1, 0.15) is 55.5 Å². The number of rotatable bonds is 8. The SMILES string of the molecule is CCC(N)(CC)CNC(=O)c1cc(S(=O)(=O)NC2CC2)ccc1C. The largest absolute Gasteiger partial charge is 0.350 e. The Labute approximate surface area is 144 Å². The van der Waals surface area contributed by atoms with Gasteiger partial charge in [-0.1, -0.05) is 19.9 Å². The van der Waals surface area contributed by atoms with Crippen LogP contribution in [-0.2, 0) is 10.0 Å². The summed E-state index contributed by atoms with van der Waals surface area (Å²) in [5, 5.41) is 2.83. The summed E-state index contributed by atoms with van der Waals surface area (Å²) in [4.78, 5) is 12.6. The lowest BCUT2D eigenvalue weighted by Crippen LogP contribution is -2.49. The Morgan fingerprint density at radius 2 is 1.92 bits per heavy atom. The molecular formula is C17H27N3O3S.